The zero-order valence-corrected chi connectivity index (χ0v) is 18.0. The fourth-order valence-corrected chi connectivity index (χ4v) is 4.29. The highest BCUT2D eigenvalue weighted by molar-refractivity contribution is 8.15. The molecule has 0 unspecified atom stereocenters. The fourth-order valence-electron chi connectivity index (χ4n) is 2.74. The molecule has 28 heavy (non-hydrogen) atoms. The highest BCUT2D eigenvalue weighted by Crippen LogP contribution is 2.32. The van der Waals surface area contributed by atoms with Crippen molar-refractivity contribution in [3.63, 3.8) is 0 Å². The van der Waals surface area contributed by atoms with Gasteiger partial charge < -0.3 is 5.32 Å². The largest absolute Gasteiger partial charge is 0.326 e. The number of nitrogens with zero attached hydrogens (tertiary/aromatic N) is 2. The number of hydrogen-bond donors (Lipinski definition) is 1. The predicted octanol–water partition coefficient (Wildman–Crippen LogP) is 5.20. The summed E-state index contributed by atoms with van der Waals surface area (Å²) < 4.78 is 0. The van der Waals surface area contributed by atoms with E-state index in [0.29, 0.717) is 20.9 Å². The summed E-state index contributed by atoms with van der Waals surface area (Å²) in [5.41, 5.74) is 3.21. The minimum Gasteiger partial charge on any atom is -0.326 e. The van der Waals surface area contributed by atoms with E-state index >= 15 is 0 Å². The Morgan fingerprint density at radius 2 is 1.82 bits per heavy atom. The first-order valence-corrected chi connectivity index (χ1v) is 10.2. The molecule has 0 radical (unpaired) electrons. The van der Waals surface area contributed by atoms with Gasteiger partial charge in [-0.15, -0.1) is 0 Å². The van der Waals surface area contributed by atoms with Crippen LogP contribution in [0.5, 0.6) is 0 Å². The average molecular weight is 436 g/mol. The molecule has 1 atom stereocenters. The van der Waals surface area contributed by atoms with E-state index in [1.807, 2.05) is 32.0 Å². The van der Waals surface area contributed by atoms with Crippen LogP contribution in [0.25, 0.3) is 0 Å². The summed E-state index contributed by atoms with van der Waals surface area (Å²) in [4.78, 5) is 31.1. The van der Waals surface area contributed by atoms with Crippen LogP contribution < -0.4 is 5.32 Å². The molecule has 1 fully saturated rings. The molecule has 5 nitrogen and oxygen atoms in total. The Morgan fingerprint density at radius 3 is 2.54 bits per heavy atom. The van der Waals surface area contributed by atoms with E-state index in [0.717, 1.165) is 16.8 Å². The number of hydrogen-bond acceptors (Lipinski definition) is 4. The van der Waals surface area contributed by atoms with Gasteiger partial charge in [-0.05, 0) is 55.3 Å². The Bertz CT molecular complexity index is 978. The molecule has 0 bridgehead atoms. The van der Waals surface area contributed by atoms with E-state index < -0.39 is 5.25 Å². The van der Waals surface area contributed by atoms with Gasteiger partial charge in [-0.3, -0.25) is 14.5 Å². The van der Waals surface area contributed by atoms with Gasteiger partial charge in [0.05, 0.1) is 5.69 Å². The molecular weight excluding hydrogens is 417 g/mol. The summed E-state index contributed by atoms with van der Waals surface area (Å²) in [6, 6.07) is 10.7. The highest BCUT2D eigenvalue weighted by atomic mass is 35.5. The molecule has 1 aliphatic heterocycles. The van der Waals surface area contributed by atoms with Gasteiger partial charge in [0, 0.05) is 29.2 Å². The number of amides is 2. The Morgan fingerprint density at radius 1 is 1.14 bits per heavy atom. The Labute approximate surface area is 178 Å². The van der Waals surface area contributed by atoms with Gasteiger partial charge in [0.2, 0.25) is 11.8 Å². The maximum absolute atomic E-state index is 12.6. The topological polar surface area (TPSA) is 61.8 Å². The molecule has 2 amide bonds. The van der Waals surface area contributed by atoms with Gasteiger partial charge in [0.25, 0.3) is 0 Å². The molecule has 2 aromatic carbocycles. The zero-order chi connectivity index (χ0) is 20.4. The molecule has 0 spiro atoms. The molecule has 3 rings (SSSR count). The van der Waals surface area contributed by atoms with E-state index in [-0.39, 0.29) is 18.2 Å². The molecule has 1 N–H and O–H groups in total. The van der Waals surface area contributed by atoms with Crippen molar-refractivity contribution in [1.82, 2.24) is 4.90 Å². The molecule has 0 saturated carbocycles. The lowest BCUT2D eigenvalue weighted by atomic mass is 10.2. The number of nitrogens with one attached hydrogen (secondary N) is 1. The summed E-state index contributed by atoms with van der Waals surface area (Å²) in [6.45, 7) is 3.79. The number of thioether (sulfide) groups is 1. The van der Waals surface area contributed by atoms with Crippen LogP contribution in [0.4, 0.5) is 11.4 Å². The smallest absolute Gasteiger partial charge is 0.242 e. The molecule has 8 heteroatoms. The number of halogens is 2. The van der Waals surface area contributed by atoms with Gasteiger partial charge in [-0.2, -0.15) is 0 Å². The van der Waals surface area contributed by atoms with Gasteiger partial charge >= 0.3 is 0 Å². The summed E-state index contributed by atoms with van der Waals surface area (Å²) >= 11 is 13.3. The van der Waals surface area contributed by atoms with E-state index in [9.17, 15) is 9.59 Å². The van der Waals surface area contributed by atoms with Crippen LogP contribution >= 0.6 is 35.0 Å². The summed E-state index contributed by atoms with van der Waals surface area (Å²) in [7, 11) is 1.67. The van der Waals surface area contributed by atoms with Crippen molar-refractivity contribution in [2.45, 2.75) is 25.5 Å². The quantitative estimate of drug-likeness (QED) is 0.717. The summed E-state index contributed by atoms with van der Waals surface area (Å²) in [6.07, 6.45) is 0.0540. The standard InChI is InChI=1S/C20H19Cl2N3O2S/c1-11-4-5-14(22)9-16(11)23-18(26)10-17-19(27)25(3)20(28-17)24-15-7-6-13(21)8-12(15)2/h4-9,17H,10H2,1-3H3,(H,23,26)/t17-/m0/s1. The van der Waals surface area contributed by atoms with Gasteiger partial charge in [0.15, 0.2) is 5.17 Å². The number of carbonyl (C=O) groups is 2. The lowest BCUT2D eigenvalue weighted by molar-refractivity contribution is -0.127. The Hall–Kier alpha value is -2.02. The fraction of sp³-hybridized carbons (Fsp3) is 0.250. The number of carbonyl (C=O) groups excluding carboxylic acids is 2. The van der Waals surface area contributed by atoms with E-state index in [1.54, 1.807) is 25.2 Å². The summed E-state index contributed by atoms with van der Waals surface area (Å²) in [5.74, 6) is -0.387. The molecule has 0 aliphatic carbocycles. The molecule has 1 aliphatic rings. The second-order valence-electron chi connectivity index (χ2n) is 6.54. The number of aryl methyl sites for hydroxylation is 2. The van der Waals surface area contributed by atoms with Crippen molar-refractivity contribution in [2.75, 3.05) is 12.4 Å². The number of amidine groups is 1. The predicted molar refractivity (Wildman–Crippen MR) is 117 cm³/mol. The van der Waals surface area contributed by atoms with Crippen molar-refractivity contribution >= 4 is 63.3 Å². The SMILES string of the molecule is Cc1cc(Cl)ccc1N=C1S[C@@H](CC(=O)Nc2cc(Cl)ccc2C)C(=O)N1C. The first kappa shape index (κ1) is 20.7. The first-order valence-electron chi connectivity index (χ1n) is 8.59. The number of anilines is 1. The third-order valence-corrected chi connectivity index (χ3v) is 6.06. The van der Waals surface area contributed by atoms with Crippen LogP contribution in [-0.4, -0.2) is 34.2 Å². The Balaban J connectivity index is 1.71. The minimum absolute atomic E-state index is 0.0540. The van der Waals surface area contributed by atoms with Crippen LogP contribution in [0, 0.1) is 13.8 Å². The van der Waals surface area contributed by atoms with Crippen LogP contribution in [0.15, 0.2) is 41.4 Å². The van der Waals surface area contributed by atoms with E-state index in [2.05, 4.69) is 10.3 Å². The lowest BCUT2D eigenvalue weighted by Crippen LogP contribution is -2.30. The minimum atomic E-state index is -0.518. The average Bonchev–Trinajstić information content (AvgIpc) is 2.88. The maximum atomic E-state index is 12.6. The third kappa shape index (κ3) is 4.69. The lowest BCUT2D eigenvalue weighted by Gasteiger charge is -2.11. The van der Waals surface area contributed by atoms with Gasteiger partial charge in [-0.25, -0.2) is 4.99 Å². The molecule has 1 saturated heterocycles. The van der Waals surface area contributed by atoms with Crippen LogP contribution in [0.1, 0.15) is 17.5 Å². The van der Waals surface area contributed by atoms with Crippen molar-refractivity contribution in [2.24, 2.45) is 4.99 Å². The third-order valence-electron chi connectivity index (χ3n) is 4.36. The van der Waals surface area contributed by atoms with Crippen molar-refractivity contribution < 1.29 is 9.59 Å². The zero-order valence-electron chi connectivity index (χ0n) is 15.6. The first-order chi connectivity index (χ1) is 13.2. The molecular formula is C20H19Cl2N3O2S. The van der Waals surface area contributed by atoms with Crippen LogP contribution in [-0.2, 0) is 9.59 Å². The second kappa shape index (κ2) is 8.55. The van der Waals surface area contributed by atoms with Crippen LogP contribution in [0.3, 0.4) is 0 Å². The second-order valence-corrected chi connectivity index (χ2v) is 8.58. The van der Waals surface area contributed by atoms with E-state index in [4.69, 9.17) is 23.2 Å². The molecule has 0 aromatic heterocycles. The highest BCUT2D eigenvalue weighted by Gasteiger charge is 2.37. The number of aliphatic imine (C=N–C) groups is 1. The Kier molecular flexibility index (Phi) is 6.33. The number of benzene rings is 2. The van der Waals surface area contributed by atoms with Crippen molar-refractivity contribution in [3.8, 4) is 0 Å². The van der Waals surface area contributed by atoms with Gasteiger partial charge in [0.1, 0.15) is 5.25 Å². The van der Waals surface area contributed by atoms with Gasteiger partial charge in [-0.1, -0.05) is 41.0 Å². The summed E-state index contributed by atoms with van der Waals surface area (Å²) in [5, 5.41) is 4.05. The molecule has 146 valence electrons. The maximum Gasteiger partial charge on any atom is 0.242 e. The van der Waals surface area contributed by atoms with E-state index in [1.165, 1.54) is 16.7 Å². The number of rotatable bonds is 4. The monoisotopic (exact) mass is 435 g/mol. The molecule has 1 heterocycles. The van der Waals surface area contributed by atoms with Crippen LogP contribution in [0.2, 0.25) is 10.0 Å². The van der Waals surface area contributed by atoms with Crippen molar-refractivity contribution in [3.05, 3.63) is 57.6 Å². The normalized spacial score (nSPS) is 18.0. The molecule has 2 aromatic rings. The van der Waals surface area contributed by atoms with Crippen molar-refractivity contribution in [1.29, 1.82) is 0 Å².